The van der Waals surface area contributed by atoms with Crippen LogP contribution in [0.2, 0.25) is 0 Å². The highest BCUT2D eigenvalue weighted by atomic mass is 79.9. The third-order valence-corrected chi connectivity index (χ3v) is 2.01. The molecule has 4 nitrogen and oxygen atoms in total. The predicted octanol–water partition coefficient (Wildman–Crippen LogP) is 1.76. The van der Waals surface area contributed by atoms with Crippen LogP contribution in [0.4, 0.5) is 5.95 Å². The molecule has 0 spiro atoms. The van der Waals surface area contributed by atoms with Crippen molar-refractivity contribution >= 4 is 21.9 Å². The number of rotatable bonds is 4. The van der Waals surface area contributed by atoms with E-state index in [-0.39, 0.29) is 0 Å². The molecule has 0 aliphatic carbocycles. The number of anilines is 1. The van der Waals surface area contributed by atoms with Gasteiger partial charge in [-0.05, 0) is 22.4 Å². The maximum atomic E-state index is 5.40. The van der Waals surface area contributed by atoms with Gasteiger partial charge in [0.1, 0.15) is 0 Å². The Hall–Kier alpha value is -1.10. The van der Waals surface area contributed by atoms with Gasteiger partial charge in [0, 0.05) is 6.54 Å². The van der Waals surface area contributed by atoms with E-state index >= 15 is 0 Å². The molecule has 1 heterocycles. The Morgan fingerprint density at radius 2 is 2.38 bits per heavy atom. The fourth-order valence-corrected chi connectivity index (χ4v) is 1.31. The standard InChI is InChI=1S/C8H11BrN4/c1-2-3-4-5-6-13-7(9)11-8(10)12-13/h2-4H,1,5-6H2,(H2,10,12)/b4-3+. The first kappa shape index (κ1) is 9.98. The number of aromatic nitrogens is 3. The van der Waals surface area contributed by atoms with Gasteiger partial charge in [0.05, 0.1) is 0 Å². The van der Waals surface area contributed by atoms with E-state index in [1.807, 2.05) is 12.2 Å². The minimum Gasteiger partial charge on any atom is -0.366 e. The van der Waals surface area contributed by atoms with Crippen molar-refractivity contribution in [1.82, 2.24) is 14.8 Å². The van der Waals surface area contributed by atoms with Crippen LogP contribution < -0.4 is 5.73 Å². The highest BCUT2D eigenvalue weighted by molar-refractivity contribution is 9.10. The van der Waals surface area contributed by atoms with Gasteiger partial charge in [0.2, 0.25) is 5.95 Å². The quantitative estimate of drug-likeness (QED) is 0.819. The highest BCUT2D eigenvalue weighted by Crippen LogP contribution is 2.08. The maximum absolute atomic E-state index is 5.40. The van der Waals surface area contributed by atoms with Gasteiger partial charge in [-0.1, -0.05) is 24.8 Å². The second-order valence-corrected chi connectivity index (χ2v) is 3.12. The molecule has 5 heteroatoms. The van der Waals surface area contributed by atoms with Crippen LogP contribution in [0.15, 0.2) is 29.5 Å². The molecule has 0 fully saturated rings. The molecular formula is C8H11BrN4. The summed E-state index contributed by atoms with van der Waals surface area (Å²) in [5.74, 6) is 0.291. The second-order valence-electron chi connectivity index (χ2n) is 2.41. The van der Waals surface area contributed by atoms with Gasteiger partial charge < -0.3 is 5.73 Å². The van der Waals surface area contributed by atoms with Crippen molar-refractivity contribution in [2.45, 2.75) is 13.0 Å². The summed E-state index contributed by atoms with van der Waals surface area (Å²) in [6.07, 6.45) is 6.53. The molecule has 2 N–H and O–H groups in total. The number of hydrogen-bond acceptors (Lipinski definition) is 3. The van der Waals surface area contributed by atoms with Crippen LogP contribution in [0.3, 0.4) is 0 Å². The zero-order valence-electron chi connectivity index (χ0n) is 7.15. The highest BCUT2D eigenvalue weighted by Gasteiger charge is 2.01. The fraction of sp³-hybridized carbons (Fsp3) is 0.250. The molecule has 0 saturated carbocycles. The van der Waals surface area contributed by atoms with Crippen molar-refractivity contribution < 1.29 is 0 Å². The van der Waals surface area contributed by atoms with E-state index in [2.05, 4.69) is 32.6 Å². The molecule has 13 heavy (non-hydrogen) atoms. The Morgan fingerprint density at radius 3 is 2.92 bits per heavy atom. The third kappa shape index (κ3) is 3.02. The maximum Gasteiger partial charge on any atom is 0.240 e. The van der Waals surface area contributed by atoms with Crippen molar-refractivity contribution in [1.29, 1.82) is 0 Å². The smallest absolute Gasteiger partial charge is 0.240 e. The average molecular weight is 243 g/mol. The molecule has 1 rings (SSSR count). The summed E-state index contributed by atoms with van der Waals surface area (Å²) < 4.78 is 2.37. The molecule has 0 unspecified atom stereocenters. The summed E-state index contributed by atoms with van der Waals surface area (Å²) in [7, 11) is 0. The number of hydrogen-bond donors (Lipinski definition) is 1. The van der Waals surface area contributed by atoms with Crippen molar-refractivity contribution in [2.24, 2.45) is 0 Å². The number of halogens is 1. The van der Waals surface area contributed by atoms with Gasteiger partial charge in [-0.25, -0.2) is 4.68 Å². The minimum absolute atomic E-state index is 0.291. The lowest BCUT2D eigenvalue weighted by Crippen LogP contribution is -2.00. The number of nitrogens with two attached hydrogens (primary N) is 1. The Labute approximate surface area is 85.3 Å². The molecule has 1 aromatic rings. The minimum atomic E-state index is 0.291. The van der Waals surface area contributed by atoms with E-state index in [0.717, 1.165) is 13.0 Å². The van der Waals surface area contributed by atoms with Gasteiger partial charge in [-0.15, -0.1) is 5.10 Å². The SMILES string of the molecule is C=C/C=C/CCn1nc(N)nc1Br. The van der Waals surface area contributed by atoms with Crippen molar-refractivity contribution in [3.63, 3.8) is 0 Å². The molecule has 0 bridgehead atoms. The zero-order chi connectivity index (χ0) is 9.68. The van der Waals surface area contributed by atoms with E-state index in [9.17, 15) is 0 Å². The Kier molecular flexibility index (Phi) is 3.70. The summed E-state index contributed by atoms with van der Waals surface area (Å²) in [6, 6.07) is 0. The molecule has 0 aliphatic rings. The number of allylic oxidation sites excluding steroid dienone is 3. The lowest BCUT2D eigenvalue weighted by atomic mass is 10.4. The van der Waals surface area contributed by atoms with Gasteiger partial charge in [-0.2, -0.15) is 4.98 Å². The third-order valence-electron chi connectivity index (χ3n) is 1.42. The molecule has 1 aromatic heterocycles. The van der Waals surface area contributed by atoms with Gasteiger partial charge in [0.25, 0.3) is 0 Å². The first-order valence-electron chi connectivity index (χ1n) is 3.87. The van der Waals surface area contributed by atoms with E-state index in [4.69, 9.17) is 5.73 Å². The molecule has 0 saturated heterocycles. The topological polar surface area (TPSA) is 56.7 Å². The van der Waals surface area contributed by atoms with Crippen LogP contribution in [0.5, 0.6) is 0 Å². The van der Waals surface area contributed by atoms with Crippen LogP contribution >= 0.6 is 15.9 Å². The summed E-state index contributed by atoms with van der Waals surface area (Å²) in [5.41, 5.74) is 5.40. The van der Waals surface area contributed by atoms with E-state index in [1.54, 1.807) is 10.8 Å². The summed E-state index contributed by atoms with van der Waals surface area (Å²) in [6.45, 7) is 4.34. The first-order chi connectivity index (χ1) is 6.24. The number of aryl methyl sites for hydroxylation is 1. The van der Waals surface area contributed by atoms with Crippen LogP contribution in [0.1, 0.15) is 6.42 Å². The van der Waals surface area contributed by atoms with Crippen molar-refractivity contribution in [3.8, 4) is 0 Å². The molecule has 0 aliphatic heterocycles. The molecular weight excluding hydrogens is 232 g/mol. The Morgan fingerprint density at radius 1 is 1.62 bits per heavy atom. The lowest BCUT2D eigenvalue weighted by molar-refractivity contribution is 0.609. The van der Waals surface area contributed by atoms with Gasteiger partial charge in [-0.3, -0.25) is 0 Å². The van der Waals surface area contributed by atoms with E-state index in [0.29, 0.717) is 10.7 Å². The number of nitrogens with zero attached hydrogens (tertiary/aromatic N) is 3. The molecule has 0 atom stereocenters. The van der Waals surface area contributed by atoms with Crippen LogP contribution in [-0.2, 0) is 6.54 Å². The Balaban J connectivity index is 2.49. The van der Waals surface area contributed by atoms with Gasteiger partial charge in [0.15, 0.2) is 4.73 Å². The molecule has 0 aromatic carbocycles. The lowest BCUT2D eigenvalue weighted by Gasteiger charge is -1.96. The first-order valence-corrected chi connectivity index (χ1v) is 4.66. The van der Waals surface area contributed by atoms with Crippen molar-refractivity contribution in [2.75, 3.05) is 5.73 Å². The summed E-state index contributed by atoms with van der Waals surface area (Å²) in [4.78, 5) is 3.91. The summed E-state index contributed by atoms with van der Waals surface area (Å²) >= 11 is 3.25. The van der Waals surface area contributed by atoms with Crippen LogP contribution in [0, 0.1) is 0 Å². The summed E-state index contributed by atoms with van der Waals surface area (Å²) in [5, 5.41) is 3.98. The van der Waals surface area contributed by atoms with Gasteiger partial charge >= 0.3 is 0 Å². The second kappa shape index (κ2) is 4.81. The monoisotopic (exact) mass is 242 g/mol. The Bertz CT molecular complexity index is 316. The molecule has 70 valence electrons. The number of nitrogen functional groups attached to an aromatic ring is 1. The molecule has 0 radical (unpaired) electrons. The van der Waals surface area contributed by atoms with E-state index in [1.165, 1.54) is 0 Å². The van der Waals surface area contributed by atoms with Crippen molar-refractivity contribution in [3.05, 3.63) is 29.5 Å². The fourth-order valence-electron chi connectivity index (χ4n) is 0.871. The molecule has 0 amide bonds. The zero-order valence-corrected chi connectivity index (χ0v) is 8.74. The van der Waals surface area contributed by atoms with E-state index < -0.39 is 0 Å². The predicted molar refractivity (Wildman–Crippen MR) is 56.1 cm³/mol. The average Bonchev–Trinajstić information content (AvgIpc) is 2.39. The largest absolute Gasteiger partial charge is 0.366 e. The van der Waals surface area contributed by atoms with Crippen LogP contribution in [0.25, 0.3) is 0 Å². The normalized spacial score (nSPS) is 10.8. The van der Waals surface area contributed by atoms with Crippen LogP contribution in [-0.4, -0.2) is 14.8 Å².